The van der Waals surface area contributed by atoms with Gasteiger partial charge in [0.15, 0.2) is 11.6 Å². The van der Waals surface area contributed by atoms with Crippen molar-refractivity contribution in [1.82, 2.24) is 15.0 Å². The van der Waals surface area contributed by atoms with Crippen LogP contribution < -0.4 is 0 Å². The van der Waals surface area contributed by atoms with Crippen LogP contribution in [0.1, 0.15) is 18.2 Å². The molecule has 2 heterocycles. The van der Waals surface area contributed by atoms with Crippen molar-refractivity contribution in [3.63, 3.8) is 0 Å². The second-order valence-electron chi connectivity index (χ2n) is 13.2. The molecule has 0 saturated carbocycles. The Morgan fingerprint density at radius 1 is 0.471 bits per heavy atom. The van der Waals surface area contributed by atoms with E-state index in [1.165, 1.54) is 27.1 Å². The number of hydrogen-bond acceptors (Lipinski definition) is 4. The molecule has 1 aliphatic rings. The van der Waals surface area contributed by atoms with Crippen LogP contribution in [-0.2, 0) is 0 Å². The SMILES string of the molecule is C1=CCC(c2nc(-c3ccc(-c4ccccc4)cc3)nc(-c3cccc4oc5ccc(-c6ccc7c(ccc8ccccc87)c6)cc5c34)n2)C=C1. The van der Waals surface area contributed by atoms with Gasteiger partial charge in [-0.05, 0) is 74.5 Å². The first-order valence-electron chi connectivity index (χ1n) is 17.4. The maximum atomic E-state index is 6.45. The lowest BCUT2D eigenvalue weighted by molar-refractivity contribution is 0.669. The van der Waals surface area contributed by atoms with E-state index >= 15 is 0 Å². The fourth-order valence-electron chi connectivity index (χ4n) is 7.41. The highest BCUT2D eigenvalue weighted by Gasteiger charge is 2.21. The van der Waals surface area contributed by atoms with Crippen LogP contribution in [0, 0.1) is 0 Å². The average Bonchev–Trinajstić information content (AvgIpc) is 3.59. The molecule has 51 heavy (non-hydrogen) atoms. The van der Waals surface area contributed by atoms with Crippen molar-refractivity contribution in [3.8, 4) is 45.0 Å². The summed E-state index contributed by atoms with van der Waals surface area (Å²) >= 11 is 0. The zero-order valence-corrected chi connectivity index (χ0v) is 27.7. The smallest absolute Gasteiger partial charge is 0.164 e. The first kappa shape index (κ1) is 29.3. The molecule has 0 spiro atoms. The van der Waals surface area contributed by atoms with Crippen molar-refractivity contribution in [2.24, 2.45) is 0 Å². The Morgan fingerprint density at radius 2 is 1.20 bits per heavy atom. The summed E-state index contributed by atoms with van der Waals surface area (Å²) in [4.78, 5) is 15.3. The second kappa shape index (κ2) is 12.0. The summed E-state index contributed by atoms with van der Waals surface area (Å²) in [5.41, 5.74) is 8.13. The van der Waals surface area contributed by atoms with Gasteiger partial charge in [-0.3, -0.25) is 0 Å². The summed E-state index contributed by atoms with van der Waals surface area (Å²) in [6, 6.07) is 51.2. The number of allylic oxidation sites excluding steroid dienone is 4. The summed E-state index contributed by atoms with van der Waals surface area (Å²) in [6.07, 6.45) is 9.34. The molecule has 1 aliphatic carbocycles. The van der Waals surface area contributed by atoms with Gasteiger partial charge in [0.1, 0.15) is 17.0 Å². The number of nitrogens with zero attached hydrogens (tertiary/aromatic N) is 3. The standard InChI is InChI=1S/C47H31N3O/c1-3-10-30(11-4-1)31-18-21-34(22-19-31)46-48-45(33-13-5-2-6-14-33)49-47(50-46)40-16-9-17-43-44(40)41-29-36(25-27-42(41)51-43)35-24-26-39-37(28-35)23-20-32-12-7-8-15-38(32)39/h1-13,15-29,33H,14H2. The third-order valence-electron chi connectivity index (χ3n) is 10.0. The number of aromatic nitrogens is 3. The number of benzene rings is 7. The van der Waals surface area contributed by atoms with Crippen molar-refractivity contribution >= 4 is 43.5 Å². The summed E-state index contributed by atoms with van der Waals surface area (Å²) in [5, 5.41) is 7.04. The van der Waals surface area contributed by atoms with Crippen LogP contribution in [0.4, 0.5) is 0 Å². The fourth-order valence-corrected chi connectivity index (χ4v) is 7.41. The van der Waals surface area contributed by atoms with Crippen LogP contribution >= 0.6 is 0 Å². The minimum absolute atomic E-state index is 0.0658. The molecule has 4 nitrogen and oxygen atoms in total. The van der Waals surface area contributed by atoms with E-state index in [1.807, 2.05) is 18.2 Å². The lowest BCUT2D eigenvalue weighted by atomic mass is 9.96. The number of furan rings is 1. The predicted molar refractivity (Wildman–Crippen MR) is 209 cm³/mol. The fraction of sp³-hybridized carbons (Fsp3) is 0.0426. The molecule has 1 unspecified atom stereocenters. The van der Waals surface area contributed by atoms with Crippen molar-refractivity contribution in [2.45, 2.75) is 12.3 Å². The topological polar surface area (TPSA) is 51.8 Å². The van der Waals surface area contributed by atoms with Crippen molar-refractivity contribution in [2.75, 3.05) is 0 Å². The minimum atomic E-state index is 0.0658. The molecule has 0 bridgehead atoms. The molecular formula is C47H31N3O. The van der Waals surface area contributed by atoms with Gasteiger partial charge >= 0.3 is 0 Å². The molecular weight excluding hydrogens is 623 g/mol. The molecule has 240 valence electrons. The molecule has 0 fully saturated rings. The Labute approximate surface area is 295 Å². The summed E-state index contributed by atoms with van der Waals surface area (Å²) in [6.45, 7) is 0. The second-order valence-corrected chi connectivity index (χ2v) is 13.2. The van der Waals surface area contributed by atoms with Gasteiger partial charge in [0, 0.05) is 27.8 Å². The van der Waals surface area contributed by atoms with Crippen LogP contribution in [0.25, 0.3) is 88.5 Å². The molecule has 2 aromatic heterocycles. The van der Waals surface area contributed by atoms with E-state index in [2.05, 4.69) is 152 Å². The Morgan fingerprint density at radius 3 is 2.08 bits per heavy atom. The highest BCUT2D eigenvalue weighted by molar-refractivity contribution is 6.13. The van der Waals surface area contributed by atoms with Crippen LogP contribution in [0.2, 0.25) is 0 Å². The molecule has 10 rings (SSSR count). The molecule has 0 saturated heterocycles. The van der Waals surface area contributed by atoms with Crippen molar-refractivity contribution in [1.29, 1.82) is 0 Å². The van der Waals surface area contributed by atoms with E-state index in [0.717, 1.165) is 62.0 Å². The number of fused-ring (bicyclic) bond motifs is 6. The third-order valence-corrected chi connectivity index (χ3v) is 10.0. The van der Waals surface area contributed by atoms with Gasteiger partial charge in [0.05, 0.1) is 0 Å². The van der Waals surface area contributed by atoms with E-state index in [1.54, 1.807) is 0 Å². The largest absolute Gasteiger partial charge is 0.456 e. The Kier molecular flexibility index (Phi) is 6.91. The maximum absolute atomic E-state index is 6.45. The highest BCUT2D eigenvalue weighted by Crippen LogP contribution is 2.39. The van der Waals surface area contributed by atoms with Crippen LogP contribution in [0.5, 0.6) is 0 Å². The van der Waals surface area contributed by atoms with E-state index < -0.39 is 0 Å². The number of hydrogen-bond donors (Lipinski definition) is 0. The lowest BCUT2D eigenvalue weighted by Gasteiger charge is -2.15. The molecule has 4 heteroatoms. The molecule has 0 amide bonds. The van der Waals surface area contributed by atoms with Crippen molar-refractivity contribution < 1.29 is 4.42 Å². The first-order chi connectivity index (χ1) is 25.2. The Hall–Kier alpha value is -6.65. The summed E-state index contributed by atoms with van der Waals surface area (Å²) < 4.78 is 6.45. The third kappa shape index (κ3) is 5.20. The van der Waals surface area contributed by atoms with E-state index in [-0.39, 0.29) is 5.92 Å². The lowest BCUT2D eigenvalue weighted by Crippen LogP contribution is -2.08. The molecule has 7 aromatic carbocycles. The Bertz CT molecular complexity index is 2830. The maximum Gasteiger partial charge on any atom is 0.164 e. The summed E-state index contributed by atoms with van der Waals surface area (Å²) in [5.74, 6) is 2.13. The summed E-state index contributed by atoms with van der Waals surface area (Å²) in [7, 11) is 0. The molecule has 0 radical (unpaired) electrons. The van der Waals surface area contributed by atoms with Crippen LogP contribution in [0.3, 0.4) is 0 Å². The predicted octanol–water partition coefficient (Wildman–Crippen LogP) is 12.3. The average molecular weight is 654 g/mol. The Balaban J connectivity index is 1.11. The zero-order chi connectivity index (χ0) is 33.7. The molecule has 9 aromatic rings. The van der Waals surface area contributed by atoms with Gasteiger partial charge < -0.3 is 4.42 Å². The zero-order valence-electron chi connectivity index (χ0n) is 27.7. The van der Waals surface area contributed by atoms with Gasteiger partial charge in [-0.2, -0.15) is 0 Å². The molecule has 0 N–H and O–H groups in total. The van der Waals surface area contributed by atoms with Crippen molar-refractivity contribution in [3.05, 3.63) is 176 Å². The first-order valence-corrected chi connectivity index (χ1v) is 17.4. The van der Waals surface area contributed by atoms with Crippen LogP contribution in [0.15, 0.2) is 174 Å². The monoisotopic (exact) mass is 653 g/mol. The van der Waals surface area contributed by atoms with Gasteiger partial charge in [-0.1, -0.05) is 146 Å². The number of rotatable bonds is 5. The van der Waals surface area contributed by atoms with Gasteiger partial charge in [-0.25, -0.2) is 15.0 Å². The normalized spacial score (nSPS) is 14.2. The van der Waals surface area contributed by atoms with E-state index in [0.29, 0.717) is 11.6 Å². The van der Waals surface area contributed by atoms with Gasteiger partial charge in [0.2, 0.25) is 0 Å². The quantitative estimate of drug-likeness (QED) is 0.173. The molecule has 0 aliphatic heterocycles. The highest BCUT2D eigenvalue weighted by atomic mass is 16.3. The minimum Gasteiger partial charge on any atom is -0.456 e. The van der Waals surface area contributed by atoms with Gasteiger partial charge in [-0.15, -0.1) is 0 Å². The van der Waals surface area contributed by atoms with E-state index in [9.17, 15) is 0 Å². The van der Waals surface area contributed by atoms with Crippen LogP contribution in [-0.4, -0.2) is 15.0 Å². The van der Waals surface area contributed by atoms with Gasteiger partial charge in [0.25, 0.3) is 0 Å². The molecule has 1 atom stereocenters. The van der Waals surface area contributed by atoms with E-state index in [4.69, 9.17) is 19.4 Å².